The van der Waals surface area contributed by atoms with Crippen LogP contribution in [0.1, 0.15) is 56.8 Å². The molecule has 0 saturated carbocycles. The van der Waals surface area contributed by atoms with Crippen LogP contribution in [0.2, 0.25) is 0 Å². The van der Waals surface area contributed by atoms with Crippen LogP contribution in [0, 0.1) is 0 Å². The van der Waals surface area contributed by atoms with Gasteiger partial charge in [-0.25, -0.2) is 4.79 Å². The molecule has 0 spiro atoms. The first-order chi connectivity index (χ1) is 22.6. The topological polar surface area (TPSA) is 133 Å². The Kier molecular flexibility index (Phi) is 9.27. The fourth-order valence-corrected chi connectivity index (χ4v) is 5.29. The van der Waals surface area contributed by atoms with Gasteiger partial charge in [-0.15, -0.1) is 0 Å². The number of ketones is 1. The normalized spacial score (nSPS) is 11.4. The van der Waals surface area contributed by atoms with E-state index in [1.807, 2.05) is 0 Å². The van der Waals surface area contributed by atoms with Crippen LogP contribution in [-0.2, 0) is 14.3 Å². The number of methoxy groups -OCH3 is 4. The fourth-order valence-electron chi connectivity index (χ4n) is 5.29. The van der Waals surface area contributed by atoms with Gasteiger partial charge in [0.25, 0.3) is 0 Å². The molecule has 0 aliphatic heterocycles. The second kappa shape index (κ2) is 13.5. The van der Waals surface area contributed by atoms with Gasteiger partial charge in [0.2, 0.25) is 5.78 Å². The highest BCUT2D eigenvalue weighted by Crippen LogP contribution is 2.47. The third kappa shape index (κ3) is 6.23. The number of ether oxygens (including phenoxy) is 7. The first-order valence-corrected chi connectivity index (χ1v) is 14.2. The maximum absolute atomic E-state index is 14.2. The Morgan fingerprint density at radius 3 is 1.43 bits per heavy atom. The Balaban J connectivity index is 1.87. The summed E-state index contributed by atoms with van der Waals surface area (Å²) in [5.74, 6) is -1.23. The number of benzene rings is 4. The molecule has 11 heteroatoms. The zero-order valence-corrected chi connectivity index (χ0v) is 26.4. The number of hydrogen-bond donors (Lipinski definition) is 0. The van der Waals surface area contributed by atoms with Crippen molar-refractivity contribution in [1.29, 1.82) is 0 Å². The summed E-state index contributed by atoms with van der Waals surface area (Å²) in [5, 5.41) is 0. The van der Waals surface area contributed by atoms with Crippen LogP contribution in [0.3, 0.4) is 0 Å². The van der Waals surface area contributed by atoms with E-state index in [-0.39, 0.29) is 39.5 Å². The zero-order valence-electron chi connectivity index (χ0n) is 26.4. The summed E-state index contributed by atoms with van der Waals surface area (Å²) in [5.41, 5.74) is 1.38. The van der Waals surface area contributed by atoms with E-state index in [1.54, 1.807) is 48.5 Å². The SMILES string of the molecule is COc1ccc(C(=O)OC(=C2c3cccc(OC(C)=O)c3C(=O)c3c(OC(C)=O)cccc32)c2ccc(OC)c(OC)c2)cc1OC. The van der Waals surface area contributed by atoms with Gasteiger partial charge in [0, 0.05) is 36.1 Å². The molecule has 1 aliphatic rings. The van der Waals surface area contributed by atoms with Gasteiger partial charge in [-0.2, -0.15) is 0 Å². The highest BCUT2D eigenvalue weighted by Gasteiger charge is 2.36. The van der Waals surface area contributed by atoms with Crippen molar-refractivity contribution in [3.05, 3.63) is 106 Å². The molecule has 11 nitrogen and oxygen atoms in total. The van der Waals surface area contributed by atoms with E-state index in [1.165, 1.54) is 66.6 Å². The molecule has 0 saturated heterocycles. The molecule has 0 unspecified atom stereocenters. The van der Waals surface area contributed by atoms with Crippen LogP contribution in [0.25, 0.3) is 11.3 Å². The van der Waals surface area contributed by atoms with E-state index in [0.717, 1.165) is 0 Å². The molecule has 0 radical (unpaired) electrons. The number of hydrogen-bond acceptors (Lipinski definition) is 11. The predicted molar refractivity (Wildman–Crippen MR) is 169 cm³/mol. The molecule has 0 bridgehead atoms. The Labute approximate surface area is 270 Å². The maximum atomic E-state index is 14.2. The van der Waals surface area contributed by atoms with Crippen LogP contribution in [0.15, 0.2) is 72.8 Å². The van der Waals surface area contributed by atoms with E-state index >= 15 is 0 Å². The minimum Gasteiger partial charge on any atom is -0.493 e. The molecule has 0 amide bonds. The lowest BCUT2D eigenvalue weighted by Gasteiger charge is -2.27. The van der Waals surface area contributed by atoms with Crippen molar-refractivity contribution in [1.82, 2.24) is 0 Å². The molecule has 47 heavy (non-hydrogen) atoms. The Morgan fingerprint density at radius 2 is 0.979 bits per heavy atom. The Morgan fingerprint density at radius 1 is 0.532 bits per heavy atom. The maximum Gasteiger partial charge on any atom is 0.343 e. The summed E-state index contributed by atoms with van der Waals surface area (Å²) < 4.78 is 38.8. The zero-order chi connectivity index (χ0) is 33.8. The van der Waals surface area contributed by atoms with E-state index in [2.05, 4.69) is 0 Å². The largest absolute Gasteiger partial charge is 0.493 e. The average molecular weight is 639 g/mol. The highest BCUT2D eigenvalue weighted by atomic mass is 16.5. The van der Waals surface area contributed by atoms with Crippen molar-refractivity contribution in [3.8, 4) is 34.5 Å². The third-order valence-corrected chi connectivity index (χ3v) is 7.24. The Bertz CT molecular complexity index is 1880. The van der Waals surface area contributed by atoms with Gasteiger partial charge >= 0.3 is 17.9 Å². The molecular formula is C36H30O11. The predicted octanol–water partition coefficient (Wildman–Crippen LogP) is 5.89. The van der Waals surface area contributed by atoms with Crippen molar-refractivity contribution in [2.75, 3.05) is 28.4 Å². The molecule has 4 aromatic carbocycles. The quantitative estimate of drug-likeness (QED) is 0.109. The summed E-state index contributed by atoms with van der Waals surface area (Å²) >= 11 is 0. The molecule has 0 aromatic heterocycles. The van der Waals surface area contributed by atoms with Crippen LogP contribution in [0.5, 0.6) is 34.5 Å². The van der Waals surface area contributed by atoms with Crippen molar-refractivity contribution in [3.63, 3.8) is 0 Å². The lowest BCUT2D eigenvalue weighted by molar-refractivity contribution is -0.132. The van der Waals surface area contributed by atoms with Crippen LogP contribution in [-0.4, -0.2) is 52.1 Å². The van der Waals surface area contributed by atoms with Gasteiger partial charge < -0.3 is 33.2 Å². The minimum absolute atomic E-state index is 0.00458. The van der Waals surface area contributed by atoms with Gasteiger partial charge in [0.05, 0.1) is 45.1 Å². The molecule has 0 atom stereocenters. The number of carbonyl (C=O) groups is 4. The minimum atomic E-state index is -0.768. The highest BCUT2D eigenvalue weighted by molar-refractivity contribution is 6.24. The van der Waals surface area contributed by atoms with Gasteiger partial charge in [0.15, 0.2) is 23.0 Å². The van der Waals surface area contributed by atoms with Crippen molar-refractivity contribution in [2.24, 2.45) is 0 Å². The van der Waals surface area contributed by atoms with Crippen molar-refractivity contribution < 1.29 is 52.3 Å². The third-order valence-electron chi connectivity index (χ3n) is 7.24. The molecule has 0 N–H and O–H groups in total. The van der Waals surface area contributed by atoms with E-state index in [9.17, 15) is 19.2 Å². The van der Waals surface area contributed by atoms with Crippen LogP contribution < -0.4 is 28.4 Å². The second-order valence-corrected chi connectivity index (χ2v) is 10.1. The van der Waals surface area contributed by atoms with Gasteiger partial charge in [-0.05, 0) is 48.5 Å². The smallest absolute Gasteiger partial charge is 0.343 e. The molecular weight excluding hydrogens is 608 g/mol. The van der Waals surface area contributed by atoms with Crippen molar-refractivity contribution >= 4 is 35.0 Å². The summed E-state index contributed by atoms with van der Waals surface area (Å²) in [6.07, 6.45) is 0. The molecule has 240 valence electrons. The molecule has 0 heterocycles. The number of esters is 3. The lowest BCUT2D eigenvalue weighted by Crippen LogP contribution is -2.20. The fraction of sp³-hybridized carbons (Fsp3) is 0.167. The summed E-state index contributed by atoms with van der Waals surface area (Å²) in [4.78, 5) is 52.3. The standard InChI is InChI=1S/C36H30O11/c1-19(37)45-27-11-7-9-23-31(24-10-8-12-28(46-20(2)38)33(24)34(39)32(23)27)35(21-13-15-25(41-3)29(17-21)43-5)47-36(40)22-14-16-26(42-4)30(18-22)44-6/h7-18H,1-6H3. The van der Waals surface area contributed by atoms with Crippen molar-refractivity contribution in [2.45, 2.75) is 13.8 Å². The number of carbonyl (C=O) groups excluding carboxylic acids is 4. The Hall–Kier alpha value is -6.10. The molecule has 5 rings (SSSR count). The van der Waals surface area contributed by atoms with E-state index in [4.69, 9.17) is 33.2 Å². The summed E-state index contributed by atoms with van der Waals surface area (Å²) in [6, 6.07) is 18.9. The monoisotopic (exact) mass is 638 g/mol. The summed E-state index contributed by atoms with van der Waals surface area (Å²) in [7, 11) is 5.87. The average Bonchev–Trinajstić information content (AvgIpc) is 3.06. The first kappa shape index (κ1) is 32.3. The first-order valence-electron chi connectivity index (χ1n) is 14.2. The summed E-state index contributed by atoms with van der Waals surface area (Å²) in [6.45, 7) is 2.42. The van der Waals surface area contributed by atoms with Gasteiger partial charge in [-0.1, -0.05) is 24.3 Å². The van der Waals surface area contributed by atoms with E-state index in [0.29, 0.717) is 39.7 Å². The van der Waals surface area contributed by atoms with Gasteiger partial charge in [0.1, 0.15) is 17.3 Å². The van der Waals surface area contributed by atoms with Crippen LogP contribution in [0.4, 0.5) is 0 Å². The lowest BCUT2D eigenvalue weighted by atomic mass is 9.79. The number of fused-ring (bicyclic) bond motifs is 2. The second-order valence-electron chi connectivity index (χ2n) is 10.1. The molecule has 0 fully saturated rings. The number of rotatable bonds is 9. The van der Waals surface area contributed by atoms with Gasteiger partial charge in [-0.3, -0.25) is 14.4 Å². The molecule has 1 aliphatic carbocycles. The molecule has 4 aromatic rings. The van der Waals surface area contributed by atoms with Crippen LogP contribution >= 0.6 is 0 Å². The van der Waals surface area contributed by atoms with E-state index < -0.39 is 23.7 Å².